The lowest BCUT2D eigenvalue weighted by Gasteiger charge is -2.26. The number of fused-ring (bicyclic) bond motifs is 1. The number of hydrogen-bond acceptors (Lipinski definition) is 2. The largest absolute Gasteiger partial charge is 0.408 e. The van der Waals surface area contributed by atoms with Crippen LogP contribution < -0.4 is 5.69 Å². The standard InChI is InChI=1S/C20H17BrF3N3O2/c21-13-7-9-14(10-8-13)27-16-5-2-1-4-15(16)26(19(27)29)12-18(28)25-11-3-6-17(25)20(22,23)24/h1-2,4-5,7-10,17H,3,6,11-12H2/t17-/m0/s1. The molecule has 0 saturated carbocycles. The highest BCUT2D eigenvalue weighted by atomic mass is 79.9. The normalized spacial score (nSPS) is 17.2. The minimum atomic E-state index is -4.47. The molecule has 1 atom stereocenters. The zero-order chi connectivity index (χ0) is 20.8. The molecule has 0 unspecified atom stereocenters. The predicted octanol–water partition coefficient (Wildman–Crippen LogP) is 4.11. The Balaban J connectivity index is 1.75. The van der Waals surface area contributed by atoms with E-state index >= 15 is 0 Å². The third-order valence-corrected chi connectivity index (χ3v) is 5.69. The monoisotopic (exact) mass is 467 g/mol. The Hall–Kier alpha value is -2.55. The molecule has 1 aromatic heterocycles. The van der Waals surface area contributed by atoms with E-state index in [1.807, 2.05) is 0 Å². The van der Waals surface area contributed by atoms with Crippen molar-refractivity contribution in [1.29, 1.82) is 0 Å². The van der Waals surface area contributed by atoms with Crippen molar-refractivity contribution in [2.24, 2.45) is 0 Å². The number of amides is 1. The number of aromatic nitrogens is 2. The molecule has 5 nitrogen and oxygen atoms in total. The molecule has 1 saturated heterocycles. The summed E-state index contributed by atoms with van der Waals surface area (Å²) in [4.78, 5) is 26.7. The third kappa shape index (κ3) is 3.59. The average Bonchev–Trinajstić information content (AvgIpc) is 3.27. The molecule has 1 amide bonds. The zero-order valence-electron chi connectivity index (χ0n) is 15.2. The van der Waals surface area contributed by atoms with Crippen LogP contribution in [-0.4, -0.2) is 38.7 Å². The molecule has 3 aromatic rings. The smallest absolute Gasteiger partial charge is 0.329 e. The molecule has 2 heterocycles. The maximum absolute atomic E-state index is 13.2. The lowest BCUT2D eigenvalue weighted by molar-refractivity contribution is -0.182. The number of benzene rings is 2. The molecule has 2 aromatic carbocycles. The molecular weight excluding hydrogens is 451 g/mol. The van der Waals surface area contributed by atoms with E-state index in [2.05, 4.69) is 15.9 Å². The van der Waals surface area contributed by atoms with Gasteiger partial charge in [0.25, 0.3) is 0 Å². The third-order valence-electron chi connectivity index (χ3n) is 5.16. The summed E-state index contributed by atoms with van der Waals surface area (Å²) in [6.07, 6.45) is -4.28. The lowest BCUT2D eigenvalue weighted by atomic mass is 10.2. The highest BCUT2D eigenvalue weighted by molar-refractivity contribution is 9.10. The summed E-state index contributed by atoms with van der Waals surface area (Å²) in [6, 6.07) is 12.2. The van der Waals surface area contributed by atoms with Crippen molar-refractivity contribution in [2.75, 3.05) is 6.54 Å². The van der Waals surface area contributed by atoms with Crippen LogP contribution in [0.25, 0.3) is 16.7 Å². The van der Waals surface area contributed by atoms with Gasteiger partial charge < -0.3 is 4.90 Å². The van der Waals surface area contributed by atoms with E-state index in [0.717, 1.165) is 9.37 Å². The Morgan fingerprint density at radius 3 is 2.38 bits per heavy atom. The fourth-order valence-corrected chi connectivity index (χ4v) is 4.10. The van der Waals surface area contributed by atoms with Gasteiger partial charge in [-0.2, -0.15) is 13.2 Å². The van der Waals surface area contributed by atoms with Gasteiger partial charge in [-0.3, -0.25) is 13.9 Å². The van der Waals surface area contributed by atoms with Crippen LogP contribution in [0.5, 0.6) is 0 Å². The molecule has 0 radical (unpaired) electrons. The van der Waals surface area contributed by atoms with Crippen molar-refractivity contribution >= 4 is 32.9 Å². The van der Waals surface area contributed by atoms with E-state index < -0.39 is 30.4 Å². The van der Waals surface area contributed by atoms with Crippen molar-refractivity contribution in [2.45, 2.75) is 31.6 Å². The van der Waals surface area contributed by atoms with Crippen LogP contribution in [-0.2, 0) is 11.3 Å². The van der Waals surface area contributed by atoms with Gasteiger partial charge in [0.05, 0.1) is 16.7 Å². The van der Waals surface area contributed by atoms with Gasteiger partial charge in [-0.15, -0.1) is 0 Å². The van der Waals surface area contributed by atoms with E-state index in [0.29, 0.717) is 23.1 Å². The first-order valence-electron chi connectivity index (χ1n) is 9.10. The number of likely N-dealkylation sites (tertiary alicyclic amines) is 1. The first-order chi connectivity index (χ1) is 13.8. The molecule has 0 bridgehead atoms. The van der Waals surface area contributed by atoms with E-state index in [-0.39, 0.29) is 13.0 Å². The number of halogens is 4. The summed E-state index contributed by atoms with van der Waals surface area (Å²) in [5, 5.41) is 0. The number of nitrogens with zero attached hydrogens (tertiary/aromatic N) is 3. The number of alkyl halides is 3. The molecule has 0 spiro atoms. The summed E-state index contributed by atoms with van der Waals surface area (Å²) < 4.78 is 43.2. The number of carbonyl (C=O) groups is 1. The molecule has 0 N–H and O–H groups in total. The van der Waals surface area contributed by atoms with Gasteiger partial charge in [-0.1, -0.05) is 28.1 Å². The molecule has 29 heavy (non-hydrogen) atoms. The van der Waals surface area contributed by atoms with Crippen molar-refractivity contribution in [3.05, 3.63) is 63.5 Å². The van der Waals surface area contributed by atoms with Gasteiger partial charge in [0.15, 0.2) is 0 Å². The first kappa shape index (κ1) is 19.8. The Morgan fingerprint density at radius 2 is 1.72 bits per heavy atom. The van der Waals surface area contributed by atoms with Crippen LogP contribution in [0.1, 0.15) is 12.8 Å². The van der Waals surface area contributed by atoms with Crippen molar-refractivity contribution in [3.8, 4) is 5.69 Å². The summed E-state index contributed by atoms with van der Waals surface area (Å²) in [5.41, 5.74) is 1.22. The number of para-hydroxylation sites is 2. The SMILES string of the molecule is O=C(Cn1c(=O)n(-c2ccc(Br)cc2)c2ccccc21)N1CCC[C@H]1C(F)(F)F. The Kier molecular flexibility index (Phi) is 5.02. The van der Waals surface area contributed by atoms with Gasteiger partial charge in [-0.25, -0.2) is 4.79 Å². The first-order valence-corrected chi connectivity index (χ1v) is 9.89. The topological polar surface area (TPSA) is 47.2 Å². The van der Waals surface area contributed by atoms with Crippen molar-refractivity contribution < 1.29 is 18.0 Å². The molecule has 9 heteroatoms. The van der Waals surface area contributed by atoms with E-state index in [1.165, 1.54) is 9.13 Å². The maximum atomic E-state index is 13.2. The van der Waals surface area contributed by atoms with Crippen LogP contribution in [0.15, 0.2) is 57.8 Å². The minimum Gasteiger partial charge on any atom is -0.329 e. The van der Waals surface area contributed by atoms with Crippen LogP contribution in [0.2, 0.25) is 0 Å². The Labute approximate surface area is 172 Å². The van der Waals surface area contributed by atoms with E-state index in [9.17, 15) is 22.8 Å². The molecule has 4 rings (SSSR count). The fraction of sp³-hybridized carbons (Fsp3) is 0.300. The second-order valence-electron chi connectivity index (χ2n) is 6.96. The molecule has 1 aliphatic rings. The Bertz CT molecular complexity index is 1120. The summed E-state index contributed by atoms with van der Waals surface area (Å²) in [5.74, 6) is -0.703. The summed E-state index contributed by atoms with van der Waals surface area (Å²) in [6.45, 7) is -0.390. The number of carbonyl (C=O) groups excluding carboxylic acids is 1. The highest BCUT2D eigenvalue weighted by Crippen LogP contribution is 2.32. The Morgan fingerprint density at radius 1 is 1.07 bits per heavy atom. The van der Waals surface area contributed by atoms with Crippen molar-refractivity contribution in [1.82, 2.24) is 14.0 Å². The van der Waals surface area contributed by atoms with Crippen LogP contribution in [0, 0.1) is 0 Å². The molecule has 0 aliphatic carbocycles. The van der Waals surface area contributed by atoms with Gasteiger partial charge >= 0.3 is 11.9 Å². The number of hydrogen-bond donors (Lipinski definition) is 0. The van der Waals surface area contributed by atoms with Crippen LogP contribution in [0.4, 0.5) is 13.2 Å². The van der Waals surface area contributed by atoms with Gasteiger partial charge in [0.1, 0.15) is 12.6 Å². The van der Waals surface area contributed by atoms with Crippen LogP contribution in [0.3, 0.4) is 0 Å². The van der Waals surface area contributed by atoms with E-state index in [4.69, 9.17) is 0 Å². The lowest BCUT2D eigenvalue weighted by Crippen LogP contribution is -2.46. The van der Waals surface area contributed by atoms with Gasteiger partial charge in [0, 0.05) is 11.0 Å². The molecular formula is C20H17BrF3N3O2. The maximum Gasteiger partial charge on any atom is 0.408 e. The molecule has 152 valence electrons. The summed E-state index contributed by atoms with van der Waals surface area (Å²) in [7, 11) is 0. The van der Waals surface area contributed by atoms with Gasteiger partial charge in [0.2, 0.25) is 5.91 Å². The summed E-state index contributed by atoms with van der Waals surface area (Å²) >= 11 is 3.35. The molecule has 1 aliphatic heterocycles. The second kappa shape index (κ2) is 7.37. The second-order valence-corrected chi connectivity index (χ2v) is 7.87. The number of rotatable bonds is 3. The minimum absolute atomic E-state index is 0.0448. The fourth-order valence-electron chi connectivity index (χ4n) is 3.83. The van der Waals surface area contributed by atoms with Gasteiger partial charge in [-0.05, 0) is 49.2 Å². The quantitative estimate of drug-likeness (QED) is 0.581. The predicted molar refractivity (Wildman–Crippen MR) is 106 cm³/mol. The van der Waals surface area contributed by atoms with E-state index in [1.54, 1.807) is 48.5 Å². The number of imidazole rings is 1. The molecule has 1 fully saturated rings. The highest BCUT2D eigenvalue weighted by Gasteiger charge is 2.47. The van der Waals surface area contributed by atoms with Crippen molar-refractivity contribution in [3.63, 3.8) is 0 Å². The average molecular weight is 468 g/mol. The van der Waals surface area contributed by atoms with Crippen LogP contribution >= 0.6 is 15.9 Å². The zero-order valence-corrected chi connectivity index (χ0v) is 16.8.